The van der Waals surface area contributed by atoms with Gasteiger partial charge < -0.3 is 15.2 Å². The van der Waals surface area contributed by atoms with Crippen molar-refractivity contribution in [3.63, 3.8) is 0 Å². The van der Waals surface area contributed by atoms with Crippen LogP contribution in [0.3, 0.4) is 0 Å². The molecule has 2 aromatic carbocycles. The molecule has 0 radical (unpaired) electrons. The van der Waals surface area contributed by atoms with Crippen LogP contribution in [0.25, 0.3) is 0 Å². The Morgan fingerprint density at radius 3 is 2.62 bits per heavy atom. The number of hydrogen-bond acceptors (Lipinski definition) is 4. The van der Waals surface area contributed by atoms with Gasteiger partial charge in [-0.25, -0.2) is 9.59 Å². The smallest absolute Gasteiger partial charge is 0.339 e. The number of anilines is 1. The van der Waals surface area contributed by atoms with E-state index in [2.05, 4.69) is 17.5 Å². The number of carbonyl (C=O) groups excluding carboxylic acids is 1. The summed E-state index contributed by atoms with van der Waals surface area (Å²) < 4.78 is 4.93. The molecule has 3 unspecified atom stereocenters. The zero-order chi connectivity index (χ0) is 18.3. The summed E-state index contributed by atoms with van der Waals surface area (Å²) in [5, 5.41) is 12.6. The lowest BCUT2D eigenvalue weighted by atomic mass is 9.76. The molecular weight excluding hydrogens is 330 g/mol. The minimum absolute atomic E-state index is 0.00356. The number of ether oxygens (including phenoxy) is 1. The third kappa shape index (κ3) is 2.56. The van der Waals surface area contributed by atoms with Crippen molar-refractivity contribution in [3.05, 3.63) is 76.9 Å². The van der Waals surface area contributed by atoms with Crippen LogP contribution in [0.4, 0.5) is 5.69 Å². The van der Waals surface area contributed by atoms with Crippen LogP contribution >= 0.6 is 0 Å². The highest BCUT2D eigenvalue weighted by atomic mass is 16.5. The van der Waals surface area contributed by atoms with Crippen molar-refractivity contribution in [2.24, 2.45) is 5.92 Å². The van der Waals surface area contributed by atoms with Gasteiger partial charge in [0.15, 0.2) is 0 Å². The maximum absolute atomic E-state index is 12.2. The molecule has 2 aliphatic rings. The molecular formula is C21H19NO4. The van der Waals surface area contributed by atoms with E-state index in [1.165, 1.54) is 7.11 Å². The van der Waals surface area contributed by atoms with Crippen LogP contribution in [0.15, 0.2) is 54.6 Å². The minimum Gasteiger partial charge on any atom is -0.478 e. The maximum Gasteiger partial charge on any atom is 0.339 e. The standard InChI is InChI=1S/C21H19NO4/c1-26-21(25)17-7-3-6-16-14-4-2-5-15(14)18(22-19(16)17)12-8-10-13(11-9-12)20(23)24/h2-4,6-11,14-15,18,22H,5H2,1H3,(H,23,24). The van der Waals surface area contributed by atoms with Crippen LogP contribution in [0, 0.1) is 5.92 Å². The number of methoxy groups -OCH3 is 1. The second kappa shape index (κ2) is 6.33. The number of benzene rings is 2. The van der Waals surface area contributed by atoms with Gasteiger partial charge in [0.05, 0.1) is 30.0 Å². The summed E-state index contributed by atoms with van der Waals surface area (Å²) in [5.41, 5.74) is 3.71. The highest BCUT2D eigenvalue weighted by Crippen LogP contribution is 2.50. The predicted octanol–water partition coefficient (Wildman–Crippen LogP) is 4.00. The molecule has 3 atom stereocenters. The van der Waals surface area contributed by atoms with Gasteiger partial charge in [-0.1, -0.05) is 36.4 Å². The third-order valence-corrected chi connectivity index (χ3v) is 5.32. The monoisotopic (exact) mass is 349 g/mol. The van der Waals surface area contributed by atoms with Crippen LogP contribution < -0.4 is 5.32 Å². The van der Waals surface area contributed by atoms with Crippen molar-refractivity contribution in [1.29, 1.82) is 0 Å². The number of fused-ring (bicyclic) bond motifs is 3. The summed E-state index contributed by atoms with van der Waals surface area (Å²) in [5.74, 6) is -0.757. The SMILES string of the molecule is COC(=O)c1cccc2c1NC(c1ccc(C(=O)O)cc1)C1CC=CC21. The number of esters is 1. The average Bonchev–Trinajstić information content (AvgIpc) is 3.16. The van der Waals surface area contributed by atoms with Crippen molar-refractivity contribution >= 4 is 17.6 Å². The third-order valence-electron chi connectivity index (χ3n) is 5.32. The van der Waals surface area contributed by atoms with Crippen LogP contribution in [0.1, 0.15) is 50.2 Å². The lowest BCUT2D eigenvalue weighted by Gasteiger charge is -2.38. The molecule has 1 heterocycles. The summed E-state index contributed by atoms with van der Waals surface area (Å²) in [7, 11) is 1.38. The van der Waals surface area contributed by atoms with Crippen LogP contribution in [0.2, 0.25) is 0 Å². The van der Waals surface area contributed by atoms with Crippen molar-refractivity contribution in [2.75, 3.05) is 12.4 Å². The van der Waals surface area contributed by atoms with Gasteiger partial charge in [0, 0.05) is 5.92 Å². The number of carboxylic acid groups (broad SMARTS) is 1. The van der Waals surface area contributed by atoms with Crippen molar-refractivity contribution in [1.82, 2.24) is 0 Å². The van der Waals surface area contributed by atoms with Crippen molar-refractivity contribution in [2.45, 2.75) is 18.4 Å². The lowest BCUT2D eigenvalue weighted by Crippen LogP contribution is -2.30. The number of carboxylic acids is 1. The molecule has 0 amide bonds. The Labute approximate surface area is 151 Å². The number of nitrogens with one attached hydrogen (secondary N) is 1. The molecule has 5 heteroatoms. The highest BCUT2D eigenvalue weighted by Gasteiger charge is 2.39. The average molecular weight is 349 g/mol. The van der Waals surface area contributed by atoms with E-state index in [4.69, 9.17) is 9.84 Å². The molecule has 1 aliphatic heterocycles. The lowest BCUT2D eigenvalue weighted by molar-refractivity contribution is 0.0600. The molecule has 26 heavy (non-hydrogen) atoms. The Kier molecular flexibility index (Phi) is 3.99. The van der Waals surface area contributed by atoms with Gasteiger partial charge in [0.1, 0.15) is 0 Å². The Hall–Kier alpha value is -3.08. The Morgan fingerprint density at radius 1 is 1.15 bits per heavy atom. The first-order valence-electron chi connectivity index (χ1n) is 8.58. The first-order chi connectivity index (χ1) is 12.6. The van der Waals surface area contributed by atoms with Gasteiger partial charge in [-0.2, -0.15) is 0 Å². The molecule has 4 rings (SSSR count). The number of rotatable bonds is 3. The summed E-state index contributed by atoms with van der Waals surface area (Å²) in [6, 6.07) is 12.6. The normalized spacial score (nSPS) is 22.9. The predicted molar refractivity (Wildman–Crippen MR) is 97.5 cm³/mol. The summed E-state index contributed by atoms with van der Waals surface area (Å²) in [4.78, 5) is 23.3. The van der Waals surface area contributed by atoms with Gasteiger partial charge in [-0.15, -0.1) is 0 Å². The van der Waals surface area contributed by atoms with Gasteiger partial charge in [0.25, 0.3) is 0 Å². The second-order valence-corrected chi connectivity index (χ2v) is 6.66. The molecule has 0 aromatic heterocycles. The van der Waals surface area contributed by atoms with Crippen molar-refractivity contribution in [3.8, 4) is 0 Å². The van der Waals surface area contributed by atoms with Crippen LogP contribution in [-0.2, 0) is 4.74 Å². The maximum atomic E-state index is 12.2. The molecule has 0 saturated heterocycles. The van der Waals surface area contributed by atoms with Gasteiger partial charge in [-0.05, 0) is 41.7 Å². The number of carbonyl (C=O) groups is 2. The Bertz CT molecular complexity index is 901. The number of para-hydroxylation sites is 1. The molecule has 0 fully saturated rings. The Morgan fingerprint density at radius 2 is 1.92 bits per heavy atom. The molecule has 0 bridgehead atoms. The zero-order valence-corrected chi connectivity index (χ0v) is 14.3. The Balaban J connectivity index is 1.78. The fraction of sp³-hybridized carbons (Fsp3) is 0.238. The van der Waals surface area contributed by atoms with Crippen molar-refractivity contribution < 1.29 is 19.4 Å². The van der Waals surface area contributed by atoms with E-state index in [0.29, 0.717) is 11.5 Å². The topological polar surface area (TPSA) is 75.6 Å². The first kappa shape index (κ1) is 16.4. The van der Waals surface area contributed by atoms with Crippen LogP contribution in [-0.4, -0.2) is 24.2 Å². The van der Waals surface area contributed by atoms with E-state index in [1.807, 2.05) is 24.3 Å². The van der Waals surface area contributed by atoms with E-state index in [0.717, 1.165) is 23.2 Å². The van der Waals surface area contributed by atoms with Gasteiger partial charge in [-0.3, -0.25) is 0 Å². The minimum atomic E-state index is -0.938. The molecule has 2 N–H and O–H groups in total. The second-order valence-electron chi connectivity index (χ2n) is 6.66. The molecule has 1 aliphatic carbocycles. The first-order valence-corrected chi connectivity index (χ1v) is 8.58. The molecule has 132 valence electrons. The number of hydrogen-bond donors (Lipinski definition) is 2. The van der Waals surface area contributed by atoms with Gasteiger partial charge >= 0.3 is 11.9 Å². The van der Waals surface area contributed by atoms with E-state index >= 15 is 0 Å². The fourth-order valence-corrected chi connectivity index (χ4v) is 4.06. The zero-order valence-electron chi connectivity index (χ0n) is 14.3. The fourth-order valence-electron chi connectivity index (χ4n) is 4.06. The van der Waals surface area contributed by atoms with Gasteiger partial charge in [0.2, 0.25) is 0 Å². The molecule has 0 saturated carbocycles. The summed E-state index contributed by atoms with van der Waals surface area (Å²) in [6.45, 7) is 0. The molecule has 2 aromatic rings. The van der Waals surface area contributed by atoms with E-state index < -0.39 is 5.97 Å². The molecule has 0 spiro atoms. The van der Waals surface area contributed by atoms with E-state index in [1.54, 1.807) is 18.2 Å². The van der Waals surface area contributed by atoms with Crippen LogP contribution in [0.5, 0.6) is 0 Å². The molecule has 5 nitrogen and oxygen atoms in total. The highest BCUT2D eigenvalue weighted by molar-refractivity contribution is 5.97. The summed E-state index contributed by atoms with van der Waals surface area (Å²) in [6.07, 6.45) is 5.31. The number of aromatic carboxylic acids is 1. The largest absolute Gasteiger partial charge is 0.478 e. The van der Waals surface area contributed by atoms with E-state index in [9.17, 15) is 9.59 Å². The van der Waals surface area contributed by atoms with E-state index in [-0.39, 0.29) is 23.5 Å². The summed E-state index contributed by atoms with van der Waals surface area (Å²) >= 11 is 0. The number of allylic oxidation sites excluding steroid dienone is 2. The quantitative estimate of drug-likeness (QED) is 0.647.